The van der Waals surface area contributed by atoms with Crippen molar-refractivity contribution in [2.24, 2.45) is 0 Å². The zero-order valence-electron chi connectivity index (χ0n) is 11.8. The van der Waals surface area contributed by atoms with E-state index in [1.807, 2.05) is 0 Å². The smallest absolute Gasteiger partial charge is 0.417 e. The van der Waals surface area contributed by atoms with Crippen LogP contribution in [-0.2, 0) is 10.9 Å². The van der Waals surface area contributed by atoms with Crippen LogP contribution in [0.15, 0.2) is 42.6 Å². The van der Waals surface area contributed by atoms with Crippen LogP contribution in [0.5, 0.6) is 0 Å². The molecule has 0 saturated heterocycles. The molecule has 0 spiro atoms. The summed E-state index contributed by atoms with van der Waals surface area (Å²) in [4.78, 5) is 27.0. The summed E-state index contributed by atoms with van der Waals surface area (Å²) in [5, 5.41) is 2.30. The number of methoxy groups -OCH3 is 1. The average Bonchev–Trinajstić information content (AvgIpc) is 2.54. The minimum Gasteiger partial charge on any atom is -0.464 e. The molecule has 1 aromatic heterocycles. The lowest BCUT2D eigenvalue weighted by molar-refractivity contribution is -0.137. The Morgan fingerprint density at radius 1 is 1.13 bits per heavy atom. The maximum Gasteiger partial charge on any atom is 0.417 e. The fourth-order valence-electron chi connectivity index (χ4n) is 1.82. The second kappa shape index (κ2) is 6.47. The van der Waals surface area contributed by atoms with Crippen LogP contribution in [0.2, 0.25) is 0 Å². The molecule has 0 bridgehead atoms. The van der Waals surface area contributed by atoms with Crippen LogP contribution >= 0.6 is 0 Å². The first kappa shape index (κ1) is 16.5. The summed E-state index contributed by atoms with van der Waals surface area (Å²) >= 11 is 0. The summed E-state index contributed by atoms with van der Waals surface area (Å²) in [5.74, 6) is -1.59. The van der Waals surface area contributed by atoms with Crippen LogP contribution in [0, 0.1) is 0 Å². The first-order valence-corrected chi connectivity index (χ1v) is 6.35. The van der Waals surface area contributed by atoms with Crippen molar-refractivity contribution in [2.45, 2.75) is 6.18 Å². The molecule has 0 aliphatic rings. The predicted octanol–water partition coefficient (Wildman–Crippen LogP) is 3.14. The molecule has 120 valence electrons. The van der Waals surface area contributed by atoms with E-state index in [9.17, 15) is 22.8 Å². The van der Waals surface area contributed by atoms with Crippen molar-refractivity contribution >= 4 is 17.6 Å². The topological polar surface area (TPSA) is 68.3 Å². The van der Waals surface area contributed by atoms with Gasteiger partial charge in [-0.3, -0.25) is 4.79 Å². The SMILES string of the molecule is COC(=O)c1ccc(NC(=O)c2ccccc2C(F)(F)F)cn1. The van der Waals surface area contributed by atoms with Crippen molar-refractivity contribution < 1.29 is 27.5 Å². The molecule has 0 aliphatic carbocycles. The number of benzene rings is 1. The average molecular weight is 324 g/mol. The highest BCUT2D eigenvalue weighted by Crippen LogP contribution is 2.32. The molecule has 2 rings (SSSR count). The lowest BCUT2D eigenvalue weighted by Gasteiger charge is -2.12. The minimum absolute atomic E-state index is 0.0150. The first-order chi connectivity index (χ1) is 10.8. The number of aromatic nitrogens is 1. The summed E-state index contributed by atoms with van der Waals surface area (Å²) in [6.07, 6.45) is -3.48. The summed E-state index contributed by atoms with van der Waals surface area (Å²) < 4.78 is 43.1. The molecule has 8 heteroatoms. The fourth-order valence-corrected chi connectivity index (χ4v) is 1.82. The van der Waals surface area contributed by atoms with Crippen molar-refractivity contribution in [3.63, 3.8) is 0 Å². The maximum absolute atomic E-state index is 12.9. The van der Waals surface area contributed by atoms with E-state index in [1.165, 1.54) is 31.4 Å². The zero-order chi connectivity index (χ0) is 17.0. The standard InChI is InChI=1S/C15H11F3N2O3/c1-23-14(22)12-7-6-9(8-19-12)20-13(21)10-4-2-3-5-11(10)15(16,17)18/h2-8H,1H3,(H,20,21). The first-order valence-electron chi connectivity index (χ1n) is 6.35. The van der Waals surface area contributed by atoms with Crippen LogP contribution in [0.1, 0.15) is 26.4 Å². The molecular formula is C15H11F3N2O3. The van der Waals surface area contributed by atoms with Gasteiger partial charge < -0.3 is 10.1 Å². The normalized spacial score (nSPS) is 11.0. The number of carbonyl (C=O) groups excluding carboxylic acids is 2. The third kappa shape index (κ3) is 3.85. The van der Waals surface area contributed by atoms with Crippen molar-refractivity contribution in [3.05, 3.63) is 59.4 Å². The number of hydrogen-bond acceptors (Lipinski definition) is 4. The monoisotopic (exact) mass is 324 g/mol. The van der Waals surface area contributed by atoms with Crippen LogP contribution < -0.4 is 5.32 Å². The molecule has 0 unspecified atom stereocenters. The Kier molecular flexibility index (Phi) is 4.63. The van der Waals surface area contributed by atoms with E-state index in [2.05, 4.69) is 15.0 Å². The minimum atomic E-state index is -4.64. The summed E-state index contributed by atoms with van der Waals surface area (Å²) in [5.41, 5.74) is -1.37. The molecule has 0 saturated carbocycles. The number of ether oxygens (including phenoxy) is 1. The molecule has 23 heavy (non-hydrogen) atoms. The predicted molar refractivity (Wildman–Crippen MR) is 75.0 cm³/mol. The molecule has 1 aromatic carbocycles. The van der Waals surface area contributed by atoms with Gasteiger partial charge in [-0.25, -0.2) is 9.78 Å². The van der Waals surface area contributed by atoms with Gasteiger partial charge in [-0.05, 0) is 24.3 Å². The van der Waals surface area contributed by atoms with Crippen LogP contribution in [0.25, 0.3) is 0 Å². The summed E-state index contributed by atoms with van der Waals surface area (Å²) in [7, 11) is 1.19. The van der Waals surface area contributed by atoms with Gasteiger partial charge in [-0.15, -0.1) is 0 Å². The van der Waals surface area contributed by atoms with Gasteiger partial charge in [0.15, 0.2) is 0 Å². The number of esters is 1. The van der Waals surface area contributed by atoms with E-state index < -0.39 is 29.2 Å². The third-order valence-corrected chi connectivity index (χ3v) is 2.89. The van der Waals surface area contributed by atoms with Gasteiger partial charge in [0, 0.05) is 0 Å². The second-order valence-electron chi connectivity index (χ2n) is 4.42. The van der Waals surface area contributed by atoms with E-state index in [-0.39, 0.29) is 11.4 Å². The number of anilines is 1. The Balaban J connectivity index is 2.22. The molecule has 2 aromatic rings. The van der Waals surface area contributed by atoms with Gasteiger partial charge in [0.05, 0.1) is 30.1 Å². The van der Waals surface area contributed by atoms with Crippen molar-refractivity contribution in [2.75, 3.05) is 12.4 Å². The van der Waals surface area contributed by atoms with E-state index in [0.717, 1.165) is 18.3 Å². The quantitative estimate of drug-likeness (QED) is 0.881. The van der Waals surface area contributed by atoms with E-state index in [0.29, 0.717) is 0 Å². The van der Waals surface area contributed by atoms with E-state index in [4.69, 9.17) is 0 Å². The Morgan fingerprint density at radius 3 is 2.39 bits per heavy atom. The lowest BCUT2D eigenvalue weighted by Crippen LogP contribution is -2.18. The number of rotatable bonds is 3. The molecule has 1 amide bonds. The van der Waals surface area contributed by atoms with Gasteiger partial charge in [-0.1, -0.05) is 12.1 Å². The van der Waals surface area contributed by atoms with E-state index in [1.54, 1.807) is 0 Å². The number of carbonyl (C=O) groups is 2. The Bertz CT molecular complexity index is 727. The fraction of sp³-hybridized carbons (Fsp3) is 0.133. The number of halogens is 3. The van der Waals surface area contributed by atoms with Gasteiger partial charge in [-0.2, -0.15) is 13.2 Å². The van der Waals surface area contributed by atoms with Gasteiger partial charge in [0.2, 0.25) is 0 Å². The van der Waals surface area contributed by atoms with Crippen molar-refractivity contribution in [1.29, 1.82) is 0 Å². The van der Waals surface area contributed by atoms with Crippen LogP contribution in [-0.4, -0.2) is 24.0 Å². The Labute approximate surface area is 129 Å². The highest BCUT2D eigenvalue weighted by Gasteiger charge is 2.34. The Hall–Kier alpha value is -2.90. The van der Waals surface area contributed by atoms with Gasteiger partial charge in [0.1, 0.15) is 5.69 Å². The van der Waals surface area contributed by atoms with Gasteiger partial charge in [0.25, 0.3) is 5.91 Å². The number of nitrogens with zero attached hydrogens (tertiary/aromatic N) is 1. The molecule has 0 atom stereocenters. The van der Waals surface area contributed by atoms with Crippen LogP contribution in [0.3, 0.4) is 0 Å². The molecule has 1 N–H and O–H groups in total. The highest BCUT2D eigenvalue weighted by molar-refractivity contribution is 6.05. The van der Waals surface area contributed by atoms with Crippen molar-refractivity contribution in [3.8, 4) is 0 Å². The van der Waals surface area contributed by atoms with Crippen LogP contribution in [0.4, 0.5) is 18.9 Å². The number of alkyl halides is 3. The van der Waals surface area contributed by atoms with Crippen molar-refractivity contribution in [1.82, 2.24) is 4.98 Å². The third-order valence-electron chi connectivity index (χ3n) is 2.89. The maximum atomic E-state index is 12.9. The molecule has 1 heterocycles. The highest BCUT2D eigenvalue weighted by atomic mass is 19.4. The lowest BCUT2D eigenvalue weighted by atomic mass is 10.1. The summed E-state index contributed by atoms with van der Waals surface area (Å²) in [6.45, 7) is 0. The van der Waals surface area contributed by atoms with E-state index >= 15 is 0 Å². The second-order valence-corrected chi connectivity index (χ2v) is 4.42. The van der Waals surface area contributed by atoms with Gasteiger partial charge >= 0.3 is 12.1 Å². The molecule has 5 nitrogen and oxygen atoms in total. The largest absolute Gasteiger partial charge is 0.464 e. The molecular weight excluding hydrogens is 313 g/mol. The molecule has 0 fully saturated rings. The Morgan fingerprint density at radius 2 is 1.83 bits per heavy atom. The zero-order valence-corrected chi connectivity index (χ0v) is 11.8. The number of pyridine rings is 1. The number of hydrogen-bond donors (Lipinski definition) is 1. The molecule has 0 radical (unpaired) electrons. The number of nitrogens with one attached hydrogen (secondary N) is 1. The number of amides is 1. The summed E-state index contributed by atoms with van der Waals surface area (Å²) in [6, 6.07) is 7.07. The molecule has 0 aliphatic heterocycles.